The van der Waals surface area contributed by atoms with Crippen molar-refractivity contribution in [2.45, 2.75) is 45.7 Å². The zero-order chi connectivity index (χ0) is 10.9. The molecule has 86 valence electrons. The van der Waals surface area contributed by atoms with E-state index in [0.717, 1.165) is 43.5 Å². The minimum atomic E-state index is -1.86. The first-order valence-electron chi connectivity index (χ1n) is 5.58. The lowest BCUT2D eigenvalue weighted by Gasteiger charge is -2.29. The van der Waals surface area contributed by atoms with E-state index in [1.165, 1.54) is 0 Å². The maximum absolute atomic E-state index is 5.96. The first-order valence-corrected chi connectivity index (χ1v) is 8.93. The van der Waals surface area contributed by atoms with Gasteiger partial charge in [-0.1, -0.05) is 36.7 Å². The predicted molar refractivity (Wildman–Crippen MR) is 67.3 cm³/mol. The minimum Gasteiger partial charge on any atom is -0.394 e. The summed E-state index contributed by atoms with van der Waals surface area (Å²) < 4.78 is 11.9. The molecule has 2 nitrogen and oxygen atoms in total. The predicted octanol–water partition coefficient (Wildman–Crippen LogP) is 3.70. The topological polar surface area (TPSA) is 18.5 Å². The van der Waals surface area contributed by atoms with E-state index in [2.05, 4.69) is 36.7 Å². The number of halogens is 1. The number of rotatable bonds is 9. The molecule has 0 aromatic heterocycles. The smallest absolute Gasteiger partial charge is 0.338 e. The highest BCUT2D eigenvalue weighted by molar-refractivity contribution is 9.09. The maximum atomic E-state index is 5.96. The summed E-state index contributed by atoms with van der Waals surface area (Å²) in [5, 5.41) is 0.987. The van der Waals surface area contributed by atoms with Crippen LogP contribution in [-0.4, -0.2) is 27.1 Å². The fourth-order valence-corrected chi connectivity index (χ4v) is 5.67. The van der Waals surface area contributed by atoms with Gasteiger partial charge in [-0.05, 0) is 18.9 Å². The van der Waals surface area contributed by atoms with Crippen LogP contribution in [0.5, 0.6) is 0 Å². The molecule has 0 saturated heterocycles. The van der Waals surface area contributed by atoms with Gasteiger partial charge in [0.15, 0.2) is 0 Å². The molecule has 0 amide bonds. The summed E-state index contributed by atoms with van der Waals surface area (Å²) in [5.41, 5.74) is 0. The van der Waals surface area contributed by atoms with Crippen molar-refractivity contribution in [3.8, 4) is 0 Å². The molecule has 4 heteroatoms. The summed E-state index contributed by atoms with van der Waals surface area (Å²) in [6.45, 7) is 8.15. The molecule has 0 aliphatic carbocycles. The highest BCUT2D eigenvalue weighted by Crippen LogP contribution is 2.20. The molecule has 0 heterocycles. The molecule has 0 unspecified atom stereocenters. The van der Waals surface area contributed by atoms with Gasteiger partial charge in [-0.3, -0.25) is 0 Å². The van der Waals surface area contributed by atoms with Crippen molar-refractivity contribution in [3.05, 3.63) is 0 Å². The van der Waals surface area contributed by atoms with Crippen molar-refractivity contribution < 1.29 is 8.85 Å². The SMILES string of the molecule is CCCO[Si](CC)(CCBr)OCCC. The Balaban J connectivity index is 4.11. The van der Waals surface area contributed by atoms with Gasteiger partial charge < -0.3 is 8.85 Å². The van der Waals surface area contributed by atoms with Gasteiger partial charge in [0.05, 0.1) is 0 Å². The Kier molecular flexibility index (Phi) is 9.28. The molecule has 0 spiro atoms. The average molecular weight is 283 g/mol. The number of hydrogen-bond acceptors (Lipinski definition) is 2. The fourth-order valence-electron chi connectivity index (χ4n) is 1.29. The molecule has 0 aromatic carbocycles. The van der Waals surface area contributed by atoms with Crippen LogP contribution in [0.15, 0.2) is 0 Å². The summed E-state index contributed by atoms with van der Waals surface area (Å²) in [4.78, 5) is 0. The molecule has 0 radical (unpaired) electrons. The van der Waals surface area contributed by atoms with Gasteiger partial charge in [0, 0.05) is 24.6 Å². The molecular formula is C10H23BrO2Si. The van der Waals surface area contributed by atoms with Crippen LogP contribution in [0.2, 0.25) is 12.1 Å². The Hall–Kier alpha value is 0.617. The quantitative estimate of drug-likeness (QED) is 0.474. The van der Waals surface area contributed by atoms with Crippen molar-refractivity contribution in [1.29, 1.82) is 0 Å². The lowest BCUT2D eigenvalue weighted by atomic mass is 10.5. The van der Waals surface area contributed by atoms with E-state index in [1.54, 1.807) is 0 Å². The van der Waals surface area contributed by atoms with Crippen LogP contribution >= 0.6 is 15.9 Å². The van der Waals surface area contributed by atoms with E-state index in [9.17, 15) is 0 Å². The van der Waals surface area contributed by atoms with Crippen LogP contribution in [0.1, 0.15) is 33.6 Å². The Morgan fingerprint density at radius 1 is 1.00 bits per heavy atom. The summed E-state index contributed by atoms with van der Waals surface area (Å²) in [5.74, 6) is 0. The molecule has 0 aliphatic rings. The van der Waals surface area contributed by atoms with E-state index in [-0.39, 0.29) is 0 Å². The zero-order valence-electron chi connectivity index (χ0n) is 9.64. The first kappa shape index (κ1) is 14.6. The number of hydrogen-bond donors (Lipinski definition) is 0. The second-order valence-corrected chi connectivity index (χ2v) is 7.80. The molecule has 0 bridgehead atoms. The Morgan fingerprint density at radius 2 is 1.50 bits per heavy atom. The normalized spacial score (nSPS) is 12.0. The average Bonchev–Trinajstić information content (AvgIpc) is 2.22. The third-order valence-electron chi connectivity index (χ3n) is 2.15. The lowest BCUT2D eigenvalue weighted by molar-refractivity contribution is 0.169. The van der Waals surface area contributed by atoms with Gasteiger partial charge in [0.1, 0.15) is 0 Å². The maximum Gasteiger partial charge on any atom is 0.338 e. The third-order valence-corrected chi connectivity index (χ3v) is 6.83. The zero-order valence-corrected chi connectivity index (χ0v) is 12.2. The van der Waals surface area contributed by atoms with Crippen molar-refractivity contribution in [1.82, 2.24) is 0 Å². The molecule has 14 heavy (non-hydrogen) atoms. The van der Waals surface area contributed by atoms with Gasteiger partial charge in [0.25, 0.3) is 0 Å². The van der Waals surface area contributed by atoms with E-state index in [1.807, 2.05) is 0 Å². The van der Waals surface area contributed by atoms with Crippen LogP contribution in [-0.2, 0) is 8.85 Å². The second kappa shape index (κ2) is 8.89. The van der Waals surface area contributed by atoms with Gasteiger partial charge >= 0.3 is 8.56 Å². The lowest BCUT2D eigenvalue weighted by Crippen LogP contribution is -2.42. The third kappa shape index (κ3) is 5.49. The Bertz CT molecular complexity index is 125. The molecule has 0 atom stereocenters. The van der Waals surface area contributed by atoms with E-state index in [4.69, 9.17) is 8.85 Å². The second-order valence-electron chi connectivity index (χ2n) is 3.40. The monoisotopic (exact) mass is 282 g/mol. The summed E-state index contributed by atoms with van der Waals surface area (Å²) in [6, 6.07) is 2.11. The van der Waals surface area contributed by atoms with Crippen molar-refractivity contribution in [3.63, 3.8) is 0 Å². The molecule has 0 N–H and O–H groups in total. The van der Waals surface area contributed by atoms with E-state index < -0.39 is 8.56 Å². The summed E-state index contributed by atoms with van der Waals surface area (Å²) in [7, 11) is -1.86. The van der Waals surface area contributed by atoms with Crippen LogP contribution < -0.4 is 0 Å². The number of alkyl halides is 1. The van der Waals surface area contributed by atoms with Crippen LogP contribution in [0.3, 0.4) is 0 Å². The Labute approximate surface area is 97.7 Å². The summed E-state index contributed by atoms with van der Waals surface area (Å²) in [6.07, 6.45) is 2.15. The molecule has 0 aliphatic heterocycles. The van der Waals surface area contributed by atoms with E-state index >= 15 is 0 Å². The molecule has 0 saturated carbocycles. The van der Waals surface area contributed by atoms with Gasteiger partial charge in [0.2, 0.25) is 0 Å². The molecule has 0 rings (SSSR count). The highest BCUT2D eigenvalue weighted by atomic mass is 79.9. The van der Waals surface area contributed by atoms with E-state index in [0.29, 0.717) is 0 Å². The van der Waals surface area contributed by atoms with Gasteiger partial charge in [-0.15, -0.1) is 0 Å². The van der Waals surface area contributed by atoms with Crippen LogP contribution in [0.4, 0.5) is 0 Å². The van der Waals surface area contributed by atoms with Gasteiger partial charge in [-0.25, -0.2) is 0 Å². The molecule has 0 fully saturated rings. The van der Waals surface area contributed by atoms with Crippen molar-refractivity contribution in [2.24, 2.45) is 0 Å². The van der Waals surface area contributed by atoms with Crippen LogP contribution in [0, 0.1) is 0 Å². The standard InChI is InChI=1S/C10H23BrO2Si/c1-4-8-12-14(6-3,10-7-11)13-9-5-2/h4-10H2,1-3H3. The van der Waals surface area contributed by atoms with Gasteiger partial charge in [-0.2, -0.15) is 0 Å². The largest absolute Gasteiger partial charge is 0.394 e. The molecule has 0 aromatic rings. The first-order chi connectivity index (χ1) is 6.74. The van der Waals surface area contributed by atoms with Crippen molar-refractivity contribution >= 4 is 24.5 Å². The summed E-state index contributed by atoms with van der Waals surface area (Å²) >= 11 is 3.48. The van der Waals surface area contributed by atoms with Crippen molar-refractivity contribution in [2.75, 3.05) is 18.5 Å². The molecular weight excluding hydrogens is 260 g/mol. The minimum absolute atomic E-state index is 0.844. The van der Waals surface area contributed by atoms with Crippen LogP contribution in [0.25, 0.3) is 0 Å². The Morgan fingerprint density at radius 3 is 1.79 bits per heavy atom. The fraction of sp³-hybridized carbons (Fsp3) is 1.00. The highest BCUT2D eigenvalue weighted by Gasteiger charge is 2.34.